The van der Waals surface area contributed by atoms with Crippen LogP contribution < -0.4 is 14.8 Å². The topological polar surface area (TPSA) is 74.2 Å². The molecule has 3 fully saturated rings. The van der Waals surface area contributed by atoms with Gasteiger partial charge in [0.1, 0.15) is 17.6 Å². The molecule has 6 heteroatoms. The van der Waals surface area contributed by atoms with Crippen molar-refractivity contribution in [1.29, 1.82) is 0 Å². The lowest BCUT2D eigenvalue weighted by atomic mass is 9.91. The first-order valence-electron chi connectivity index (χ1n) is 15.6. The number of nitrogens with one attached hydrogen (secondary N) is 1. The molecule has 3 N–H and O–H groups in total. The standard InChI is InChI=1S/C35H44N2O4/c38-29-13-10-27(31(24-29)26-11-14-30(15-12-26)40-21-17-28-6-5-18-36-28)22-25-9-16-35(33(39)23-25)41-34-8-2-1-7-32(34)37-19-3-4-20-37/h9-16,23-24,28,32,34,36,38-39H,1-8,17-22H2. The van der Waals surface area contributed by atoms with Crippen LogP contribution in [0.5, 0.6) is 23.0 Å². The summed E-state index contributed by atoms with van der Waals surface area (Å²) in [4.78, 5) is 2.59. The van der Waals surface area contributed by atoms with Crippen molar-refractivity contribution < 1.29 is 19.7 Å². The minimum Gasteiger partial charge on any atom is -0.508 e. The number of hydrogen-bond acceptors (Lipinski definition) is 6. The molecule has 0 radical (unpaired) electrons. The maximum absolute atomic E-state index is 11.0. The number of rotatable bonds is 10. The van der Waals surface area contributed by atoms with E-state index in [1.54, 1.807) is 6.07 Å². The smallest absolute Gasteiger partial charge is 0.161 e. The highest BCUT2D eigenvalue weighted by molar-refractivity contribution is 5.70. The van der Waals surface area contributed by atoms with E-state index < -0.39 is 0 Å². The summed E-state index contributed by atoms with van der Waals surface area (Å²) in [5, 5.41) is 24.8. The summed E-state index contributed by atoms with van der Waals surface area (Å²) in [6, 6.07) is 20.4. The molecular weight excluding hydrogens is 512 g/mol. The SMILES string of the molecule is Oc1ccc(Cc2ccc(OC3CCCCC3N3CCCC3)c(O)c2)c(-c2ccc(OCCC3CCCN3)cc2)c1. The predicted octanol–water partition coefficient (Wildman–Crippen LogP) is 6.66. The Morgan fingerprint density at radius 2 is 1.66 bits per heavy atom. The van der Waals surface area contributed by atoms with Crippen LogP contribution in [0, 0.1) is 0 Å². The molecular formula is C35H44N2O4. The van der Waals surface area contributed by atoms with Crippen LogP contribution in [-0.4, -0.2) is 59.5 Å². The Balaban J connectivity index is 1.12. The van der Waals surface area contributed by atoms with E-state index in [0.717, 1.165) is 60.5 Å². The summed E-state index contributed by atoms with van der Waals surface area (Å²) >= 11 is 0. The average molecular weight is 557 g/mol. The Morgan fingerprint density at radius 1 is 0.829 bits per heavy atom. The van der Waals surface area contributed by atoms with E-state index in [1.807, 2.05) is 36.4 Å². The summed E-state index contributed by atoms with van der Waals surface area (Å²) < 4.78 is 12.4. The van der Waals surface area contributed by atoms with Gasteiger partial charge in [0.05, 0.1) is 6.61 Å². The van der Waals surface area contributed by atoms with Crippen LogP contribution in [0.3, 0.4) is 0 Å². The fraction of sp³-hybridized carbons (Fsp3) is 0.486. The van der Waals surface area contributed by atoms with Crippen molar-refractivity contribution in [2.75, 3.05) is 26.2 Å². The molecule has 41 heavy (non-hydrogen) atoms. The summed E-state index contributed by atoms with van der Waals surface area (Å²) in [5.74, 6) is 1.87. The van der Waals surface area contributed by atoms with Crippen LogP contribution in [0.25, 0.3) is 11.1 Å². The van der Waals surface area contributed by atoms with Crippen LogP contribution >= 0.6 is 0 Å². The van der Waals surface area contributed by atoms with Crippen molar-refractivity contribution in [2.24, 2.45) is 0 Å². The Labute approximate surface area is 244 Å². The van der Waals surface area contributed by atoms with E-state index in [0.29, 0.717) is 30.9 Å². The number of benzene rings is 3. The quantitative estimate of drug-likeness (QED) is 0.259. The molecule has 2 heterocycles. The molecule has 218 valence electrons. The third-order valence-electron chi connectivity index (χ3n) is 9.13. The Kier molecular flexibility index (Phi) is 8.97. The number of phenols is 2. The molecule has 3 aliphatic rings. The highest BCUT2D eigenvalue weighted by Gasteiger charge is 2.33. The van der Waals surface area contributed by atoms with Gasteiger partial charge in [-0.05, 0) is 136 Å². The third kappa shape index (κ3) is 6.99. The van der Waals surface area contributed by atoms with Gasteiger partial charge in [0.25, 0.3) is 0 Å². The third-order valence-corrected chi connectivity index (χ3v) is 9.13. The molecule has 0 spiro atoms. The van der Waals surface area contributed by atoms with Gasteiger partial charge in [0.2, 0.25) is 0 Å². The largest absolute Gasteiger partial charge is 0.508 e. The van der Waals surface area contributed by atoms with Gasteiger partial charge < -0.3 is 25.0 Å². The number of nitrogens with zero attached hydrogens (tertiary/aromatic N) is 1. The van der Waals surface area contributed by atoms with Gasteiger partial charge in [-0.2, -0.15) is 0 Å². The van der Waals surface area contributed by atoms with Gasteiger partial charge in [0, 0.05) is 12.1 Å². The molecule has 3 atom stereocenters. The first-order valence-corrected chi connectivity index (χ1v) is 15.6. The molecule has 6 rings (SSSR count). The second-order valence-corrected chi connectivity index (χ2v) is 12.0. The number of ether oxygens (including phenoxy) is 2. The normalized spacial score (nSPS) is 23.1. The lowest BCUT2D eigenvalue weighted by Gasteiger charge is -2.37. The van der Waals surface area contributed by atoms with E-state index in [1.165, 1.54) is 44.9 Å². The Hall–Kier alpha value is -3.22. The van der Waals surface area contributed by atoms with Gasteiger partial charge in [-0.3, -0.25) is 4.90 Å². The van der Waals surface area contributed by atoms with Crippen molar-refractivity contribution >= 4 is 0 Å². The number of aromatic hydroxyl groups is 2. The summed E-state index contributed by atoms with van der Waals surface area (Å²) in [5.41, 5.74) is 4.08. The van der Waals surface area contributed by atoms with E-state index in [-0.39, 0.29) is 17.6 Å². The first-order chi connectivity index (χ1) is 20.1. The number of hydrogen-bond donors (Lipinski definition) is 3. The minimum atomic E-state index is 0.133. The van der Waals surface area contributed by atoms with Crippen molar-refractivity contribution in [3.05, 3.63) is 71.8 Å². The molecule has 2 aliphatic heterocycles. The van der Waals surface area contributed by atoms with Crippen LogP contribution in [0.1, 0.15) is 68.9 Å². The van der Waals surface area contributed by atoms with Gasteiger partial charge in [-0.25, -0.2) is 0 Å². The molecule has 3 unspecified atom stereocenters. The number of likely N-dealkylation sites (tertiary alicyclic amines) is 1. The van der Waals surface area contributed by atoms with E-state index in [9.17, 15) is 10.2 Å². The zero-order valence-electron chi connectivity index (χ0n) is 24.1. The fourth-order valence-corrected chi connectivity index (χ4v) is 6.90. The average Bonchev–Trinajstić information content (AvgIpc) is 3.71. The van der Waals surface area contributed by atoms with E-state index in [2.05, 4.69) is 28.4 Å². The molecule has 0 amide bonds. The van der Waals surface area contributed by atoms with Gasteiger partial charge in [0.15, 0.2) is 11.5 Å². The molecule has 0 bridgehead atoms. The summed E-state index contributed by atoms with van der Waals surface area (Å²) in [6.45, 7) is 4.15. The summed E-state index contributed by atoms with van der Waals surface area (Å²) in [6.07, 6.45) is 11.5. The van der Waals surface area contributed by atoms with Crippen molar-refractivity contribution in [3.8, 4) is 34.1 Å². The molecule has 3 aromatic rings. The lowest BCUT2D eigenvalue weighted by Crippen LogP contribution is -2.46. The Bertz CT molecular complexity index is 1280. The second-order valence-electron chi connectivity index (χ2n) is 12.0. The van der Waals surface area contributed by atoms with Crippen LogP contribution in [0.4, 0.5) is 0 Å². The Morgan fingerprint density at radius 3 is 2.44 bits per heavy atom. The van der Waals surface area contributed by atoms with Crippen molar-refractivity contribution in [1.82, 2.24) is 10.2 Å². The van der Waals surface area contributed by atoms with Crippen molar-refractivity contribution in [2.45, 2.75) is 82.4 Å². The first kappa shape index (κ1) is 27.9. The molecule has 1 saturated carbocycles. The van der Waals surface area contributed by atoms with Crippen molar-refractivity contribution in [3.63, 3.8) is 0 Å². The fourth-order valence-electron chi connectivity index (χ4n) is 6.90. The summed E-state index contributed by atoms with van der Waals surface area (Å²) in [7, 11) is 0. The number of phenolic OH excluding ortho intramolecular Hbond substituents is 2. The monoisotopic (exact) mass is 556 g/mol. The zero-order chi connectivity index (χ0) is 28.0. The predicted molar refractivity (Wildman–Crippen MR) is 163 cm³/mol. The molecule has 6 nitrogen and oxygen atoms in total. The van der Waals surface area contributed by atoms with Crippen LogP contribution in [0.15, 0.2) is 60.7 Å². The maximum atomic E-state index is 11.0. The van der Waals surface area contributed by atoms with Gasteiger partial charge in [-0.1, -0.05) is 30.7 Å². The van der Waals surface area contributed by atoms with Crippen LogP contribution in [-0.2, 0) is 6.42 Å². The van der Waals surface area contributed by atoms with Gasteiger partial charge in [-0.15, -0.1) is 0 Å². The highest BCUT2D eigenvalue weighted by Crippen LogP contribution is 2.36. The molecule has 0 aromatic heterocycles. The molecule has 1 aliphatic carbocycles. The van der Waals surface area contributed by atoms with Gasteiger partial charge >= 0.3 is 0 Å². The van der Waals surface area contributed by atoms with Crippen LogP contribution in [0.2, 0.25) is 0 Å². The second kappa shape index (κ2) is 13.2. The minimum absolute atomic E-state index is 0.133. The highest BCUT2D eigenvalue weighted by atomic mass is 16.5. The molecule has 2 saturated heterocycles. The zero-order valence-corrected chi connectivity index (χ0v) is 24.1. The molecule has 3 aromatic carbocycles. The lowest BCUT2D eigenvalue weighted by molar-refractivity contribution is 0.0468. The van der Waals surface area contributed by atoms with E-state index >= 15 is 0 Å². The van der Waals surface area contributed by atoms with E-state index in [4.69, 9.17) is 9.47 Å². The maximum Gasteiger partial charge on any atom is 0.161 e.